The van der Waals surface area contributed by atoms with Gasteiger partial charge in [-0.05, 0) is 30.0 Å². The van der Waals surface area contributed by atoms with Gasteiger partial charge in [-0.3, -0.25) is 4.90 Å². The molecule has 2 nitrogen and oxygen atoms in total. The minimum atomic E-state index is 0.566. The van der Waals surface area contributed by atoms with Crippen LogP contribution in [0, 0.1) is 11.8 Å². The van der Waals surface area contributed by atoms with E-state index in [0.717, 1.165) is 18.4 Å². The van der Waals surface area contributed by atoms with Crippen LogP contribution < -0.4 is 0 Å². The largest absolute Gasteiger partial charge is 0.306 e. The zero-order valence-electron chi connectivity index (χ0n) is 13.2. The molecule has 2 aromatic carbocycles. The van der Waals surface area contributed by atoms with Gasteiger partial charge in [-0.15, -0.1) is 0 Å². The van der Waals surface area contributed by atoms with Gasteiger partial charge in [0.2, 0.25) is 0 Å². The standard InChI is InChI=1S/C20H24N2/c1-21-13-18-14-22(12-16-8-4-2-5-9-16)20(19(18)15-21)17-10-6-3-7-11-17/h2-11,18-20H,12-15H2,1H3. The molecule has 4 rings (SSSR count). The molecule has 0 spiro atoms. The maximum Gasteiger partial charge on any atom is 0.0395 e. The van der Waals surface area contributed by atoms with Crippen LogP contribution in [0.4, 0.5) is 0 Å². The minimum absolute atomic E-state index is 0.566. The fraction of sp³-hybridized carbons (Fsp3) is 0.400. The Kier molecular flexibility index (Phi) is 3.73. The molecule has 0 aliphatic carbocycles. The van der Waals surface area contributed by atoms with Crippen molar-refractivity contribution in [3.8, 4) is 0 Å². The highest BCUT2D eigenvalue weighted by Crippen LogP contribution is 2.45. The van der Waals surface area contributed by atoms with Crippen molar-refractivity contribution in [1.29, 1.82) is 0 Å². The number of hydrogen-bond donors (Lipinski definition) is 0. The highest BCUT2D eigenvalue weighted by Gasteiger charge is 2.46. The smallest absolute Gasteiger partial charge is 0.0395 e. The van der Waals surface area contributed by atoms with Gasteiger partial charge in [-0.2, -0.15) is 0 Å². The Labute approximate surface area is 133 Å². The molecule has 22 heavy (non-hydrogen) atoms. The summed E-state index contributed by atoms with van der Waals surface area (Å²) in [6.45, 7) is 4.77. The minimum Gasteiger partial charge on any atom is -0.306 e. The summed E-state index contributed by atoms with van der Waals surface area (Å²) >= 11 is 0. The van der Waals surface area contributed by atoms with Crippen molar-refractivity contribution in [2.75, 3.05) is 26.7 Å². The first kappa shape index (κ1) is 14.0. The van der Waals surface area contributed by atoms with Crippen LogP contribution in [0.1, 0.15) is 17.2 Å². The molecule has 2 saturated heterocycles. The Morgan fingerprint density at radius 2 is 1.55 bits per heavy atom. The number of likely N-dealkylation sites (tertiary alicyclic amines) is 2. The van der Waals surface area contributed by atoms with Crippen molar-refractivity contribution in [3.63, 3.8) is 0 Å². The highest BCUT2D eigenvalue weighted by atomic mass is 15.2. The van der Waals surface area contributed by atoms with E-state index in [9.17, 15) is 0 Å². The van der Waals surface area contributed by atoms with Gasteiger partial charge in [-0.25, -0.2) is 0 Å². The van der Waals surface area contributed by atoms with Gasteiger partial charge in [0, 0.05) is 32.2 Å². The van der Waals surface area contributed by atoms with Gasteiger partial charge in [0.05, 0.1) is 0 Å². The average molecular weight is 292 g/mol. The number of hydrogen-bond acceptors (Lipinski definition) is 2. The Morgan fingerprint density at radius 1 is 0.864 bits per heavy atom. The SMILES string of the molecule is CN1CC2CN(Cc3ccccc3)C(c3ccccc3)C2C1. The second-order valence-corrected chi connectivity index (χ2v) is 6.92. The monoisotopic (exact) mass is 292 g/mol. The lowest BCUT2D eigenvalue weighted by molar-refractivity contribution is 0.199. The first-order valence-electron chi connectivity index (χ1n) is 8.33. The number of rotatable bonds is 3. The molecule has 2 aliphatic heterocycles. The molecule has 0 amide bonds. The topological polar surface area (TPSA) is 6.48 Å². The fourth-order valence-corrected chi connectivity index (χ4v) is 4.44. The van der Waals surface area contributed by atoms with Crippen LogP contribution in [0.15, 0.2) is 60.7 Å². The summed E-state index contributed by atoms with van der Waals surface area (Å²) in [4.78, 5) is 5.21. The lowest BCUT2D eigenvalue weighted by atomic mass is 9.89. The Hall–Kier alpha value is -1.64. The molecule has 2 heterocycles. The van der Waals surface area contributed by atoms with Crippen LogP contribution in [-0.4, -0.2) is 36.5 Å². The van der Waals surface area contributed by atoms with E-state index in [2.05, 4.69) is 77.5 Å². The third kappa shape index (κ3) is 2.57. The molecule has 2 aliphatic rings. The normalized spacial score (nSPS) is 28.9. The number of benzene rings is 2. The Bertz CT molecular complexity index is 610. The third-order valence-corrected chi connectivity index (χ3v) is 5.31. The molecule has 0 radical (unpaired) electrons. The van der Waals surface area contributed by atoms with Crippen molar-refractivity contribution >= 4 is 0 Å². The van der Waals surface area contributed by atoms with E-state index >= 15 is 0 Å². The average Bonchev–Trinajstić information content (AvgIpc) is 3.04. The summed E-state index contributed by atoms with van der Waals surface area (Å²) in [6.07, 6.45) is 0. The summed E-state index contributed by atoms with van der Waals surface area (Å²) in [5.41, 5.74) is 2.91. The van der Waals surface area contributed by atoms with Crippen LogP contribution in [0.5, 0.6) is 0 Å². The fourth-order valence-electron chi connectivity index (χ4n) is 4.44. The second-order valence-electron chi connectivity index (χ2n) is 6.92. The van der Waals surface area contributed by atoms with Gasteiger partial charge >= 0.3 is 0 Å². The van der Waals surface area contributed by atoms with E-state index in [1.54, 1.807) is 0 Å². The van der Waals surface area contributed by atoms with Crippen LogP contribution in [0.25, 0.3) is 0 Å². The van der Waals surface area contributed by atoms with Crippen LogP contribution in [0.2, 0.25) is 0 Å². The van der Waals surface area contributed by atoms with Crippen molar-refractivity contribution in [2.45, 2.75) is 12.6 Å². The molecular formula is C20H24N2. The molecule has 3 atom stereocenters. The highest BCUT2D eigenvalue weighted by molar-refractivity contribution is 5.24. The van der Waals surface area contributed by atoms with E-state index in [4.69, 9.17) is 0 Å². The van der Waals surface area contributed by atoms with Gasteiger partial charge in [0.1, 0.15) is 0 Å². The molecule has 2 heteroatoms. The van der Waals surface area contributed by atoms with E-state index < -0.39 is 0 Å². The Balaban J connectivity index is 1.62. The van der Waals surface area contributed by atoms with Crippen molar-refractivity contribution in [2.24, 2.45) is 11.8 Å². The molecule has 3 unspecified atom stereocenters. The quantitative estimate of drug-likeness (QED) is 0.855. The number of fused-ring (bicyclic) bond motifs is 1. The second kappa shape index (κ2) is 5.86. The van der Waals surface area contributed by atoms with Gasteiger partial charge in [0.15, 0.2) is 0 Å². The van der Waals surface area contributed by atoms with Gasteiger partial charge < -0.3 is 4.90 Å². The van der Waals surface area contributed by atoms with Crippen molar-refractivity contribution in [1.82, 2.24) is 9.80 Å². The van der Waals surface area contributed by atoms with Crippen LogP contribution >= 0.6 is 0 Å². The molecule has 0 N–H and O–H groups in total. The molecule has 2 aromatic rings. The van der Waals surface area contributed by atoms with E-state index in [1.165, 1.54) is 30.8 Å². The van der Waals surface area contributed by atoms with Crippen LogP contribution in [-0.2, 0) is 6.54 Å². The summed E-state index contributed by atoms with van der Waals surface area (Å²) < 4.78 is 0. The zero-order chi connectivity index (χ0) is 14.9. The summed E-state index contributed by atoms with van der Waals surface area (Å²) in [5, 5.41) is 0. The molecule has 0 bridgehead atoms. The molecule has 0 saturated carbocycles. The maximum atomic E-state index is 2.70. The van der Waals surface area contributed by atoms with Crippen LogP contribution in [0.3, 0.4) is 0 Å². The maximum absolute atomic E-state index is 2.70. The van der Waals surface area contributed by atoms with E-state index in [-0.39, 0.29) is 0 Å². The number of nitrogens with zero attached hydrogens (tertiary/aromatic N) is 2. The predicted molar refractivity (Wildman–Crippen MR) is 90.5 cm³/mol. The first-order valence-corrected chi connectivity index (χ1v) is 8.33. The molecule has 114 valence electrons. The molecule has 0 aromatic heterocycles. The molecular weight excluding hydrogens is 268 g/mol. The summed E-state index contributed by atoms with van der Waals surface area (Å²) in [7, 11) is 2.27. The van der Waals surface area contributed by atoms with Gasteiger partial charge in [-0.1, -0.05) is 60.7 Å². The Morgan fingerprint density at radius 3 is 2.27 bits per heavy atom. The van der Waals surface area contributed by atoms with Gasteiger partial charge in [0.25, 0.3) is 0 Å². The summed E-state index contributed by atoms with van der Waals surface area (Å²) in [6, 6.07) is 22.6. The molecule has 2 fully saturated rings. The zero-order valence-corrected chi connectivity index (χ0v) is 13.2. The lowest BCUT2D eigenvalue weighted by Crippen LogP contribution is -2.29. The van der Waals surface area contributed by atoms with E-state index in [1.807, 2.05) is 0 Å². The first-order chi connectivity index (χ1) is 10.8. The third-order valence-electron chi connectivity index (χ3n) is 5.31. The summed E-state index contributed by atoms with van der Waals surface area (Å²) in [5.74, 6) is 1.59. The predicted octanol–water partition coefficient (Wildman–Crippen LogP) is 3.42. The van der Waals surface area contributed by atoms with E-state index in [0.29, 0.717) is 6.04 Å². The van der Waals surface area contributed by atoms with Crippen molar-refractivity contribution in [3.05, 3.63) is 71.8 Å². The lowest BCUT2D eigenvalue weighted by Gasteiger charge is -2.29. The van der Waals surface area contributed by atoms with Crippen molar-refractivity contribution < 1.29 is 0 Å².